The molecule has 0 aliphatic rings. The first kappa shape index (κ1) is 21.9. The van der Waals surface area contributed by atoms with E-state index in [4.69, 9.17) is 5.11 Å². The molecule has 3 aromatic carbocycles. The minimum Gasteiger partial charge on any atom is -0.394 e. The van der Waals surface area contributed by atoms with E-state index >= 15 is 0 Å². The zero-order valence-corrected chi connectivity index (χ0v) is 17.1. The van der Waals surface area contributed by atoms with E-state index < -0.39 is 30.4 Å². The molecule has 0 aliphatic heterocycles. The highest BCUT2D eigenvalue weighted by atomic mass is 19.4. The normalized spacial score (nSPS) is 12.9. The van der Waals surface area contributed by atoms with Crippen LogP contribution in [-0.2, 0) is 6.18 Å². The van der Waals surface area contributed by atoms with Crippen molar-refractivity contribution < 1.29 is 28.2 Å². The van der Waals surface area contributed by atoms with Crippen LogP contribution in [0.1, 0.15) is 21.5 Å². The zero-order chi connectivity index (χ0) is 23.0. The lowest BCUT2D eigenvalue weighted by Crippen LogP contribution is -2.33. The minimum atomic E-state index is -4.41. The Morgan fingerprint density at radius 1 is 1.00 bits per heavy atom. The summed E-state index contributed by atoms with van der Waals surface area (Å²) in [5, 5.41) is 22.6. The first-order chi connectivity index (χ1) is 15.2. The number of benzene rings is 3. The molecule has 3 N–H and O–H groups in total. The van der Waals surface area contributed by atoms with Crippen molar-refractivity contribution in [1.82, 2.24) is 9.88 Å². The molecule has 0 saturated heterocycles. The van der Waals surface area contributed by atoms with E-state index in [0.29, 0.717) is 11.3 Å². The second kappa shape index (κ2) is 8.29. The van der Waals surface area contributed by atoms with E-state index in [1.54, 1.807) is 18.2 Å². The van der Waals surface area contributed by atoms with Gasteiger partial charge < -0.3 is 20.1 Å². The van der Waals surface area contributed by atoms with Gasteiger partial charge in [0.1, 0.15) is 0 Å². The molecule has 0 radical (unpaired) electrons. The van der Waals surface area contributed by atoms with Crippen LogP contribution in [-0.4, -0.2) is 39.9 Å². The smallest absolute Gasteiger partial charge is 0.394 e. The minimum absolute atomic E-state index is 0.0835. The summed E-state index contributed by atoms with van der Waals surface area (Å²) in [5.41, 5.74) is 2.78. The summed E-state index contributed by atoms with van der Waals surface area (Å²) >= 11 is 0. The van der Waals surface area contributed by atoms with Crippen LogP contribution in [0, 0.1) is 6.92 Å². The number of hydrogen-bond donors (Lipinski definition) is 3. The van der Waals surface area contributed by atoms with Gasteiger partial charge in [-0.3, -0.25) is 4.79 Å². The predicted molar refractivity (Wildman–Crippen MR) is 116 cm³/mol. The third-order valence-electron chi connectivity index (χ3n) is 5.34. The average Bonchev–Trinajstić information content (AvgIpc) is 3.09. The van der Waals surface area contributed by atoms with Gasteiger partial charge in [-0.1, -0.05) is 11.6 Å². The third kappa shape index (κ3) is 4.06. The fourth-order valence-electron chi connectivity index (χ4n) is 3.73. The van der Waals surface area contributed by atoms with E-state index in [2.05, 4.69) is 5.32 Å². The first-order valence-electron chi connectivity index (χ1n) is 9.98. The van der Waals surface area contributed by atoms with Crippen molar-refractivity contribution >= 4 is 27.7 Å². The second-order valence-corrected chi connectivity index (χ2v) is 7.68. The van der Waals surface area contributed by atoms with Crippen LogP contribution in [0.15, 0.2) is 60.7 Å². The second-order valence-electron chi connectivity index (χ2n) is 7.68. The van der Waals surface area contributed by atoms with Gasteiger partial charge in [-0.05, 0) is 61.5 Å². The topological polar surface area (TPSA) is 74.5 Å². The molecule has 4 aromatic rings. The van der Waals surface area contributed by atoms with Crippen molar-refractivity contribution in [3.63, 3.8) is 0 Å². The van der Waals surface area contributed by atoms with Gasteiger partial charge >= 0.3 is 6.18 Å². The summed E-state index contributed by atoms with van der Waals surface area (Å²) in [6.45, 7) is 1.40. The predicted octanol–water partition coefficient (Wildman–Crippen LogP) is 4.19. The Balaban J connectivity index is 1.84. The van der Waals surface area contributed by atoms with Crippen LogP contribution < -0.4 is 5.32 Å². The molecule has 1 aromatic heterocycles. The van der Waals surface area contributed by atoms with Crippen LogP contribution in [0.4, 0.5) is 13.2 Å². The van der Waals surface area contributed by atoms with Gasteiger partial charge in [-0.25, -0.2) is 0 Å². The average molecular weight is 442 g/mol. The van der Waals surface area contributed by atoms with Gasteiger partial charge in [0.05, 0.1) is 29.3 Å². The molecule has 0 aliphatic carbocycles. The maximum atomic E-state index is 13.0. The maximum Gasteiger partial charge on any atom is 0.416 e. The molecule has 1 heterocycles. The molecular formula is C24H21F3N2O3. The van der Waals surface area contributed by atoms with Crippen LogP contribution >= 0.6 is 0 Å². The van der Waals surface area contributed by atoms with Gasteiger partial charge in [-0.15, -0.1) is 0 Å². The maximum absolute atomic E-state index is 13.0. The largest absolute Gasteiger partial charge is 0.416 e. The van der Waals surface area contributed by atoms with E-state index in [1.165, 1.54) is 12.1 Å². The van der Waals surface area contributed by atoms with Crippen molar-refractivity contribution in [3.8, 4) is 5.69 Å². The SMILES string of the molecule is Cc1ccc2c(c1)c1cc(C(=O)NC[C@H](O)CO)ccc1n2-c1ccc(C(F)(F)F)cc1. The summed E-state index contributed by atoms with van der Waals surface area (Å²) in [6.07, 6.45) is -5.46. The van der Waals surface area contributed by atoms with E-state index in [1.807, 2.05) is 29.7 Å². The molecule has 8 heteroatoms. The van der Waals surface area contributed by atoms with Gasteiger partial charge in [0.25, 0.3) is 5.91 Å². The standard InChI is InChI=1S/C24H21F3N2O3/c1-14-2-8-21-19(10-14)20-11-15(23(32)28-12-18(31)13-30)3-9-22(20)29(21)17-6-4-16(5-7-17)24(25,26)27/h2-11,18,30-31H,12-13H2,1H3,(H,28,32)/t18-/m0/s1. The summed E-state index contributed by atoms with van der Waals surface area (Å²) < 4.78 is 40.8. The molecule has 5 nitrogen and oxygen atoms in total. The number of halogens is 3. The highest BCUT2D eigenvalue weighted by molar-refractivity contribution is 6.11. The molecular weight excluding hydrogens is 421 g/mol. The molecule has 0 spiro atoms. The number of nitrogens with zero attached hydrogens (tertiary/aromatic N) is 1. The van der Waals surface area contributed by atoms with Crippen molar-refractivity contribution in [2.24, 2.45) is 0 Å². The fourth-order valence-corrected chi connectivity index (χ4v) is 3.73. The first-order valence-corrected chi connectivity index (χ1v) is 9.98. The summed E-state index contributed by atoms with van der Waals surface area (Å²) in [6, 6.07) is 15.8. The number of rotatable bonds is 5. The number of fused-ring (bicyclic) bond motifs is 3. The van der Waals surface area contributed by atoms with Crippen LogP contribution in [0.25, 0.3) is 27.5 Å². The number of nitrogens with one attached hydrogen (secondary N) is 1. The lowest BCUT2D eigenvalue weighted by atomic mass is 10.1. The Morgan fingerprint density at radius 3 is 2.25 bits per heavy atom. The number of aryl methyl sites for hydroxylation is 1. The summed E-state index contributed by atoms with van der Waals surface area (Å²) in [7, 11) is 0. The molecule has 1 amide bonds. The molecule has 0 saturated carbocycles. The molecule has 0 unspecified atom stereocenters. The molecule has 32 heavy (non-hydrogen) atoms. The summed E-state index contributed by atoms with van der Waals surface area (Å²) in [4.78, 5) is 12.5. The molecule has 0 fully saturated rings. The van der Waals surface area contributed by atoms with Gasteiger partial charge in [0.15, 0.2) is 0 Å². The van der Waals surface area contributed by atoms with Crippen molar-refractivity contribution in [3.05, 3.63) is 77.4 Å². The number of hydrogen-bond acceptors (Lipinski definition) is 3. The van der Waals surface area contributed by atoms with Crippen LogP contribution in [0.5, 0.6) is 0 Å². The van der Waals surface area contributed by atoms with Crippen LogP contribution in [0.2, 0.25) is 0 Å². The van der Waals surface area contributed by atoms with E-state index in [0.717, 1.165) is 39.5 Å². The number of amides is 1. The van der Waals surface area contributed by atoms with Crippen molar-refractivity contribution in [2.45, 2.75) is 19.2 Å². The van der Waals surface area contributed by atoms with Crippen molar-refractivity contribution in [2.75, 3.05) is 13.2 Å². The number of alkyl halides is 3. The van der Waals surface area contributed by atoms with Gasteiger partial charge in [0.2, 0.25) is 0 Å². The lowest BCUT2D eigenvalue weighted by molar-refractivity contribution is -0.137. The van der Waals surface area contributed by atoms with E-state index in [9.17, 15) is 23.1 Å². The molecule has 0 bridgehead atoms. The number of aromatic nitrogens is 1. The monoisotopic (exact) mass is 442 g/mol. The van der Waals surface area contributed by atoms with Crippen LogP contribution in [0.3, 0.4) is 0 Å². The molecule has 1 atom stereocenters. The Bertz CT molecular complexity index is 1290. The Hall–Kier alpha value is -3.36. The highest BCUT2D eigenvalue weighted by Crippen LogP contribution is 2.35. The third-order valence-corrected chi connectivity index (χ3v) is 5.34. The molecule has 4 rings (SSSR count). The lowest BCUT2D eigenvalue weighted by Gasteiger charge is -2.11. The summed E-state index contributed by atoms with van der Waals surface area (Å²) in [5.74, 6) is -0.400. The number of aliphatic hydroxyl groups is 2. The zero-order valence-electron chi connectivity index (χ0n) is 17.1. The number of aliphatic hydroxyl groups excluding tert-OH is 2. The molecule has 166 valence electrons. The highest BCUT2D eigenvalue weighted by Gasteiger charge is 2.30. The van der Waals surface area contributed by atoms with Gasteiger partial charge in [-0.2, -0.15) is 13.2 Å². The number of carbonyl (C=O) groups is 1. The van der Waals surface area contributed by atoms with Crippen molar-refractivity contribution in [1.29, 1.82) is 0 Å². The quantitative estimate of drug-likeness (QED) is 0.434. The Morgan fingerprint density at radius 2 is 1.62 bits per heavy atom. The number of carbonyl (C=O) groups excluding carboxylic acids is 1. The fraction of sp³-hybridized carbons (Fsp3) is 0.208. The van der Waals surface area contributed by atoms with E-state index in [-0.39, 0.29) is 6.54 Å². The Labute approximate surface area is 181 Å². The van der Waals surface area contributed by atoms with Gasteiger partial charge in [0, 0.05) is 28.6 Å². The Kier molecular flexibility index (Phi) is 5.66.